The van der Waals surface area contributed by atoms with Crippen LogP contribution in [0.2, 0.25) is 0 Å². The summed E-state index contributed by atoms with van der Waals surface area (Å²) in [6, 6.07) is 4.74. The van der Waals surface area contributed by atoms with Crippen molar-refractivity contribution in [2.24, 2.45) is 11.8 Å². The topological polar surface area (TPSA) is 74.6 Å². The smallest absolute Gasteiger partial charge is 0.335 e. The fraction of sp³-hybridized carbons (Fsp3) is 0.680. The molecule has 4 nitrogen and oxygen atoms in total. The van der Waals surface area contributed by atoms with E-state index >= 15 is 0 Å². The molecule has 0 atom stereocenters. The number of carboxylic acid groups (broad SMARTS) is 2. The van der Waals surface area contributed by atoms with Gasteiger partial charge in [-0.15, -0.1) is 0 Å². The van der Waals surface area contributed by atoms with E-state index in [9.17, 15) is 19.8 Å². The minimum atomic E-state index is -1.07. The van der Waals surface area contributed by atoms with E-state index in [2.05, 4.69) is 0 Å². The van der Waals surface area contributed by atoms with Crippen LogP contribution in [-0.4, -0.2) is 22.2 Å². The summed E-state index contributed by atoms with van der Waals surface area (Å²) in [5, 5.41) is 18.9. The Morgan fingerprint density at radius 1 is 0.690 bits per heavy atom. The number of carbonyl (C=O) groups is 2. The summed E-state index contributed by atoms with van der Waals surface area (Å²) in [6.45, 7) is 0. The highest BCUT2D eigenvalue weighted by Gasteiger charge is 2.35. The Kier molecular flexibility index (Phi) is 8.14. The molecule has 3 aliphatic carbocycles. The van der Waals surface area contributed by atoms with Crippen molar-refractivity contribution in [3.63, 3.8) is 0 Å². The number of aromatic carboxylic acids is 2. The van der Waals surface area contributed by atoms with Gasteiger partial charge in [0.25, 0.3) is 0 Å². The van der Waals surface area contributed by atoms with Crippen LogP contribution in [0.3, 0.4) is 0 Å². The highest BCUT2D eigenvalue weighted by Crippen LogP contribution is 2.46. The first-order chi connectivity index (χ1) is 14.1. The summed E-state index contributed by atoms with van der Waals surface area (Å²) in [5.41, 5.74) is 1.13. The summed E-state index contributed by atoms with van der Waals surface area (Å²) in [7, 11) is 0. The summed E-state index contributed by atoms with van der Waals surface area (Å²) in [4.78, 5) is 23.1. The van der Waals surface area contributed by atoms with Crippen LogP contribution in [0.25, 0.3) is 0 Å². The fourth-order valence-electron chi connectivity index (χ4n) is 5.29. The van der Waals surface area contributed by atoms with Crippen LogP contribution in [0, 0.1) is 11.8 Å². The molecule has 0 aromatic heterocycles. The molecule has 0 bridgehead atoms. The number of benzene rings is 1. The van der Waals surface area contributed by atoms with Gasteiger partial charge >= 0.3 is 11.9 Å². The van der Waals surface area contributed by atoms with E-state index in [1.165, 1.54) is 96.0 Å². The van der Waals surface area contributed by atoms with Crippen LogP contribution in [-0.2, 0) is 0 Å². The molecule has 1 aromatic carbocycles. The maximum Gasteiger partial charge on any atom is 0.335 e. The van der Waals surface area contributed by atoms with Gasteiger partial charge in [0.1, 0.15) is 0 Å². The van der Waals surface area contributed by atoms with Gasteiger partial charge in [0.15, 0.2) is 0 Å². The Bertz CT molecular complexity index is 658. The zero-order valence-corrected chi connectivity index (χ0v) is 17.6. The van der Waals surface area contributed by atoms with Crippen LogP contribution >= 0.6 is 0 Å². The van der Waals surface area contributed by atoms with Crippen molar-refractivity contribution in [3.05, 3.63) is 34.9 Å². The predicted molar refractivity (Wildman–Crippen MR) is 115 cm³/mol. The average Bonchev–Trinajstić information content (AvgIpc) is 2.68. The Balaban J connectivity index is 0.000000536. The van der Waals surface area contributed by atoms with E-state index in [-0.39, 0.29) is 17.0 Å². The summed E-state index contributed by atoms with van der Waals surface area (Å²) in [5.74, 6) is -0.749. The largest absolute Gasteiger partial charge is 0.478 e. The predicted octanol–water partition coefficient (Wildman–Crippen LogP) is 6.89. The third-order valence-corrected chi connectivity index (χ3v) is 7.21. The molecular weight excluding hydrogens is 364 g/mol. The van der Waals surface area contributed by atoms with E-state index in [4.69, 9.17) is 0 Å². The SMILES string of the molecule is C1CCC1.O=C(O)c1ccc(C(C2CCCCC2)C2CCCCC2)c(C(=O)O)c1. The molecule has 3 fully saturated rings. The Hall–Kier alpha value is -1.84. The van der Waals surface area contributed by atoms with Gasteiger partial charge in [-0.05, 0) is 61.1 Å². The summed E-state index contributed by atoms with van der Waals surface area (Å²) < 4.78 is 0. The first kappa shape index (κ1) is 21.9. The number of hydrogen-bond acceptors (Lipinski definition) is 2. The molecule has 29 heavy (non-hydrogen) atoms. The molecule has 1 aromatic rings. The van der Waals surface area contributed by atoms with Crippen LogP contribution in [0.15, 0.2) is 18.2 Å². The molecule has 0 radical (unpaired) electrons. The van der Waals surface area contributed by atoms with Crippen LogP contribution < -0.4 is 0 Å². The van der Waals surface area contributed by atoms with Crippen LogP contribution in [0.4, 0.5) is 0 Å². The van der Waals surface area contributed by atoms with Crippen LogP contribution in [0.5, 0.6) is 0 Å². The van der Waals surface area contributed by atoms with Crippen LogP contribution in [0.1, 0.15) is 122 Å². The molecule has 4 heteroatoms. The highest BCUT2D eigenvalue weighted by molar-refractivity contribution is 5.95. The summed E-state index contributed by atoms with van der Waals surface area (Å²) >= 11 is 0. The molecular formula is C25H36O4. The molecule has 3 aliphatic rings. The molecule has 0 aliphatic heterocycles. The van der Waals surface area contributed by atoms with E-state index in [1.54, 1.807) is 12.1 Å². The molecule has 160 valence electrons. The normalized spacial score (nSPS) is 20.4. The lowest BCUT2D eigenvalue weighted by molar-refractivity contribution is 0.0692. The van der Waals surface area contributed by atoms with Crippen molar-refractivity contribution in [1.82, 2.24) is 0 Å². The molecule has 0 saturated heterocycles. The lowest BCUT2D eigenvalue weighted by Crippen LogP contribution is -2.27. The first-order valence-corrected chi connectivity index (χ1v) is 11.7. The molecule has 0 unspecified atom stereocenters. The van der Waals surface area contributed by atoms with Crippen molar-refractivity contribution in [2.75, 3.05) is 0 Å². The number of rotatable bonds is 5. The van der Waals surface area contributed by atoms with Gasteiger partial charge in [0, 0.05) is 0 Å². The Labute approximate surface area is 174 Å². The maximum absolute atomic E-state index is 11.9. The first-order valence-electron chi connectivity index (χ1n) is 11.7. The quantitative estimate of drug-likeness (QED) is 0.564. The van der Waals surface area contributed by atoms with E-state index in [1.807, 2.05) is 0 Å². The second-order valence-corrected chi connectivity index (χ2v) is 9.15. The molecule has 3 saturated carbocycles. The zero-order chi connectivity index (χ0) is 20.6. The van der Waals surface area contributed by atoms with Crippen molar-refractivity contribution in [2.45, 2.75) is 95.8 Å². The van der Waals surface area contributed by atoms with Gasteiger partial charge in [-0.3, -0.25) is 0 Å². The number of hydrogen-bond donors (Lipinski definition) is 2. The third kappa shape index (κ3) is 5.83. The molecule has 0 heterocycles. The van der Waals surface area contributed by atoms with Gasteiger partial charge in [-0.2, -0.15) is 0 Å². The van der Waals surface area contributed by atoms with E-state index < -0.39 is 11.9 Å². The van der Waals surface area contributed by atoms with Crippen molar-refractivity contribution >= 4 is 11.9 Å². The lowest BCUT2D eigenvalue weighted by Gasteiger charge is -2.39. The fourth-order valence-corrected chi connectivity index (χ4v) is 5.29. The van der Waals surface area contributed by atoms with Gasteiger partial charge in [-0.25, -0.2) is 9.59 Å². The van der Waals surface area contributed by atoms with Gasteiger partial charge in [0.2, 0.25) is 0 Å². The molecule has 0 spiro atoms. The average molecular weight is 401 g/mol. The second-order valence-electron chi connectivity index (χ2n) is 9.15. The summed E-state index contributed by atoms with van der Waals surface area (Å²) in [6.07, 6.45) is 18.1. The molecule has 2 N–H and O–H groups in total. The lowest BCUT2D eigenvalue weighted by atomic mass is 9.66. The maximum atomic E-state index is 11.9. The minimum absolute atomic E-state index is 0.0622. The zero-order valence-electron chi connectivity index (χ0n) is 17.6. The van der Waals surface area contributed by atoms with Crippen molar-refractivity contribution in [1.29, 1.82) is 0 Å². The van der Waals surface area contributed by atoms with Crippen molar-refractivity contribution in [3.8, 4) is 0 Å². The Morgan fingerprint density at radius 3 is 1.52 bits per heavy atom. The standard InChI is InChI=1S/C21H28O4.C4H8/c22-20(23)16-11-12-17(18(13-16)21(24)25)19(14-7-3-1-4-8-14)15-9-5-2-6-10-15;1-2-4-3-1/h11-15,19H,1-10H2,(H,22,23)(H,24,25);1-4H2. The third-order valence-electron chi connectivity index (χ3n) is 7.21. The van der Waals surface area contributed by atoms with Gasteiger partial charge < -0.3 is 10.2 Å². The minimum Gasteiger partial charge on any atom is -0.478 e. The highest BCUT2D eigenvalue weighted by atomic mass is 16.4. The Morgan fingerprint density at radius 2 is 1.14 bits per heavy atom. The monoisotopic (exact) mass is 400 g/mol. The van der Waals surface area contributed by atoms with Crippen molar-refractivity contribution < 1.29 is 19.8 Å². The van der Waals surface area contributed by atoms with E-state index in [0.29, 0.717) is 11.8 Å². The number of carboxylic acids is 2. The van der Waals surface area contributed by atoms with E-state index in [0.717, 1.165) is 5.56 Å². The molecule has 0 amide bonds. The van der Waals surface area contributed by atoms with Gasteiger partial charge in [-0.1, -0.05) is 70.3 Å². The van der Waals surface area contributed by atoms with Gasteiger partial charge in [0.05, 0.1) is 11.1 Å². The molecule has 4 rings (SSSR count). The second kappa shape index (κ2) is 10.8.